The zero-order valence-corrected chi connectivity index (χ0v) is 27.1. The Balaban J connectivity index is 4.10. The average Bonchev–Trinajstić information content (AvgIpc) is 2.73. The number of rotatable bonds is 17. The average molecular weight is 519 g/mol. The molecule has 0 aliphatic rings. The van der Waals surface area contributed by atoms with Gasteiger partial charge in [0.05, 0.1) is 0 Å². The monoisotopic (exact) mass is 518 g/mol. The molecule has 0 atom stereocenters. The summed E-state index contributed by atoms with van der Waals surface area (Å²) in [5, 5.41) is 2.65. The molecule has 3 heteroatoms. The Morgan fingerprint density at radius 2 is 1.20 bits per heavy atom. The van der Waals surface area contributed by atoms with E-state index in [0.717, 1.165) is 38.0 Å². The fourth-order valence-corrected chi connectivity index (χ4v) is 5.28. The minimum absolute atomic E-state index is 0.299. The van der Waals surface area contributed by atoms with Gasteiger partial charge in [-0.2, -0.15) is 0 Å². The van der Waals surface area contributed by atoms with E-state index >= 15 is 0 Å². The minimum Gasteiger partial charge on any atom is -0.417 e. The first-order valence-corrected chi connectivity index (χ1v) is 17.7. The van der Waals surface area contributed by atoms with Crippen LogP contribution in [0.15, 0.2) is 57.6 Å². The smallest absolute Gasteiger partial charge is 0.191 e. The molecule has 0 saturated heterocycles. The normalized spacial score (nSPS) is 14.5. The summed E-state index contributed by atoms with van der Waals surface area (Å²) in [4.78, 5) is 0. The van der Waals surface area contributed by atoms with Crippen LogP contribution in [0.5, 0.6) is 0 Å². The van der Waals surface area contributed by atoms with Crippen molar-refractivity contribution in [2.75, 3.05) is 12.4 Å². The standard InChI is InChI=1S/C32H58OSSi/c1-27(2)17-14-20-29(4)22-15-21-28(3)18-12-13-19-30(5)25-34-26-31(6)23-16-24-33-35(10,11)32(7,8)9/h17-19,22,26H,12-16,20-21,23-25H2,1-11H3/b28-18+,29-22+,30-19+,31-26+. The van der Waals surface area contributed by atoms with E-state index in [4.69, 9.17) is 4.43 Å². The van der Waals surface area contributed by atoms with E-state index in [9.17, 15) is 0 Å². The van der Waals surface area contributed by atoms with Crippen LogP contribution >= 0.6 is 11.8 Å². The molecule has 0 N–H and O–H groups in total. The fourth-order valence-electron chi connectivity index (χ4n) is 3.33. The maximum atomic E-state index is 6.30. The van der Waals surface area contributed by atoms with E-state index in [-0.39, 0.29) is 0 Å². The molecule has 0 rings (SSSR count). The highest BCUT2D eigenvalue weighted by Crippen LogP contribution is 2.36. The van der Waals surface area contributed by atoms with Crippen LogP contribution in [0.2, 0.25) is 18.1 Å². The highest BCUT2D eigenvalue weighted by atomic mass is 32.2. The molecule has 202 valence electrons. The predicted molar refractivity (Wildman–Crippen MR) is 167 cm³/mol. The molecule has 35 heavy (non-hydrogen) atoms. The van der Waals surface area contributed by atoms with E-state index in [1.54, 1.807) is 0 Å². The van der Waals surface area contributed by atoms with Crippen molar-refractivity contribution in [3.8, 4) is 0 Å². The first kappa shape index (κ1) is 34.2. The van der Waals surface area contributed by atoms with Crippen LogP contribution in [0.4, 0.5) is 0 Å². The number of thioether (sulfide) groups is 1. The summed E-state index contributed by atoms with van der Waals surface area (Å²) in [7, 11) is -1.60. The molecule has 0 aromatic heterocycles. The van der Waals surface area contributed by atoms with Gasteiger partial charge in [0, 0.05) is 12.4 Å². The van der Waals surface area contributed by atoms with Crippen LogP contribution in [-0.2, 0) is 4.43 Å². The van der Waals surface area contributed by atoms with Crippen molar-refractivity contribution >= 4 is 20.1 Å². The Morgan fingerprint density at radius 3 is 1.74 bits per heavy atom. The van der Waals surface area contributed by atoms with Gasteiger partial charge in [-0.15, -0.1) is 11.8 Å². The SMILES string of the molecule is CC(C)=CCC/C(C)=C/CC/C(C)=C/CC/C=C(\C)CS/C=C(\C)CCCO[Si](C)(C)C(C)(C)C. The van der Waals surface area contributed by atoms with Crippen molar-refractivity contribution in [1.82, 2.24) is 0 Å². The zero-order valence-electron chi connectivity index (χ0n) is 25.3. The Morgan fingerprint density at radius 1 is 0.686 bits per heavy atom. The lowest BCUT2D eigenvalue weighted by Crippen LogP contribution is -2.40. The third-order valence-corrected chi connectivity index (χ3v) is 12.6. The van der Waals surface area contributed by atoms with Gasteiger partial charge in [-0.1, -0.05) is 72.9 Å². The first-order valence-electron chi connectivity index (χ1n) is 13.8. The molecule has 1 nitrogen and oxygen atoms in total. The topological polar surface area (TPSA) is 9.23 Å². The molecule has 0 aromatic carbocycles. The number of allylic oxidation sites excluding steroid dienone is 8. The number of hydrogen-bond donors (Lipinski definition) is 0. The Bertz CT molecular complexity index is 740. The highest BCUT2D eigenvalue weighted by molar-refractivity contribution is 8.02. The lowest BCUT2D eigenvalue weighted by molar-refractivity contribution is 0.282. The molecule has 0 saturated carbocycles. The van der Waals surface area contributed by atoms with Gasteiger partial charge in [0.25, 0.3) is 0 Å². The molecule has 0 aliphatic heterocycles. The van der Waals surface area contributed by atoms with Crippen LogP contribution in [0, 0.1) is 0 Å². The van der Waals surface area contributed by atoms with Gasteiger partial charge in [0.2, 0.25) is 0 Å². The van der Waals surface area contributed by atoms with Crippen LogP contribution in [0.1, 0.15) is 114 Å². The lowest BCUT2D eigenvalue weighted by atomic mass is 10.1. The third-order valence-electron chi connectivity index (χ3n) is 6.86. The predicted octanol–water partition coefficient (Wildman–Crippen LogP) is 11.6. The van der Waals surface area contributed by atoms with Crippen LogP contribution < -0.4 is 0 Å². The molecule has 0 bridgehead atoms. The molecule has 0 fully saturated rings. The summed E-state index contributed by atoms with van der Waals surface area (Å²) < 4.78 is 6.30. The van der Waals surface area contributed by atoms with Crippen molar-refractivity contribution in [3.63, 3.8) is 0 Å². The Labute approximate surface area is 225 Å². The summed E-state index contributed by atoms with van der Waals surface area (Å²) in [5.41, 5.74) is 7.43. The van der Waals surface area contributed by atoms with Gasteiger partial charge >= 0.3 is 0 Å². The lowest BCUT2D eigenvalue weighted by Gasteiger charge is -2.36. The zero-order chi connectivity index (χ0) is 26.9. The second-order valence-electron chi connectivity index (χ2n) is 12.1. The van der Waals surface area contributed by atoms with Crippen LogP contribution in [-0.4, -0.2) is 20.7 Å². The third kappa shape index (κ3) is 19.1. The molecule has 0 aromatic rings. The number of hydrogen-bond acceptors (Lipinski definition) is 2. The molecule has 0 radical (unpaired) electrons. The number of unbranched alkanes of at least 4 members (excludes halogenated alkanes) is 1. The van der Waals surface area contributed by atoms with E-state index < -0.39 is 8.32 Å². The fraction of sp³-hybridized carbons (Fsp3) is 0.688. The van der Waals surface area contributed by atoms with Crippen molar-refractivity contribution in [3.05, 3.63) is 57.6 Å². The van der Waals surface area contributed by atoms with E-state index in [2.05, 4.69) is 105 Å². The van der Waals surface area contributed by atoms with E-state index in [1.807, 2.05) is 11.8 Å². The molecule has 0 aliphatic carbocycles. The molecule has 0 spiro atoms. The molecule has 0 amide bonds. The van der Waals surface area contributed by atoms with E-state index in [1.165, 1.54) is 53.5 Å². The highest BCUT2D eigenvalue weighted by Gasteiger charge is 2.36. The second-order valence-corrected chi connectivity index (χ2v) is 17.7. The van der Waals surface area contributed by atoms with Gasteiger partial charge in [-0.05, 0) is 116 Å². The molecule has 0 heterocycles. The Hall–Kier alpha value is -0.773. The molecular weight excluding hydrogens is 461 g/mol. The summed E-state index contributed by atoms with van der Waals surface area (Å²) in [6.45, 7) is 25.9. The maximum Gasteiger partial charge on any atom is 0.191 e. The summed E-state index contributed by atoms with van der Waals surface area (Å²) in [5.74, 6) is 1.09. The summed E-state index contributed by atoms with van der Waals surface area (Å²) >= 11 is 1.93. The van der Waals surface area contributed by atoms with Crippen molar-refractivity contribution in [1.29, 1.82) is 0 Å². The van der Waals surface area contributed by atoms with Crippen LogP contribution in [0.3, 0.4) is 0 Å². The van der Waals surface area contributed by atoms with Gasteiger partial charge in [-0.25, -0.2) is 0 Å². The van der Waals surface area contributed by atoms with E-state index in [0.29, 0.717) is 5.04 Å². The minimum atomic E-state index is -1.60. The summed E-state index contributed by atoms with van der Waals surface area (Å²) in [6.07, 6.45) is 18.9. The van der Waals surface area contributed by atoms with Crippen molar-refractivity contribution in [2.45, 2.75) is 132 Å². The maximum absolute atomic E-state index is 6.30. The quantitative estimate of drug-likeness (QED) is 0.107. The summed E-state index contributed by atoms with van der Waals surface area (Å²) in [6, 6.07) is 0. The second kappa shape index (κ2) is 18.5. The largest absolute Gasteiger partial charge is 0.417 e. The van der Waals surface area contributed by atoms with Gasteiger partial charge in [0.1, 0.15) is 0 Å². The van der Waals surface area contributed by atoms with Gasteiger partial charge in [-0.3, -0.25) is 0 Å². The van der Waals surface area contributed by atoms with Crippen molar-refractivity contribution in [2.24, 2.45) is 0 Å². The van der Waals surface area contributed by atoms with Crippen LogP contribution in [0.25, 0.3) is 0 Å². The first-order chi connectivity index (χ1) is 16.2. The van der Waals surface area contributed by atoms with Crippen molar-refractivity contribution < 1.29 is 4.43 Å². The Kier molecular flexibility index (Phi) is 18.1. The molecular formula is C32H58OSSi. The van der Waals surface area contributed by atoms with Gasteiger partial charge in [0.15, 0.2) is 8.32 Å². The van der Waals surface area contributed by atoms with Gasteiger partial charge < -0.3 is 4.43 Å². The molecule has 0 unspecified atom stereocenters.